The third kappa shape index (κ3) is 41.3. The molecule has 0 rings (SSSR count). The number of hydrogen-bond donors (Lipinski definition) is 1. The molecule has 1 atom stereocenters. The summed E-state index contributed by atoms with van der Waals surface area (Å²) in [5, 5.41) is 10.0. The van der Waals surface area contributed by atoms with Crippen LogP contribution in [0, 0.1) is 0 Å². The van der Waals surface area contributed by atoms with Crippen LogP contribution < -0.4 is 0 Å². The number of esters is 1. The summed E-state index contributed by atoms with van der Waals surface area (Å²) >= 11 is 0. The van der Waals surface area contributed by atoms with Gasteiger partial charge in [-0.25, -0.2) is 0 Å². The molecule has 0 radical (unpaired) electrons. The van der Waals surface area contributed by atoms with E-state index in [-0.39, 0.29) is 12.1 Å². The van der Waals surface area contributed by atoms with E-state index in [2.05, 4.69) is 26.0 Å². The fourth-order valence-electron chi connectivity index (χ4n) is 6.68. The lowest BCUT2D eigenvalue weighted by Gasteiger charge is -2.07. The van der Waals surface area contributed by atoms with Crippen LogP contribution in [0.25, 0.3) is 0 Å². The third-order valence-electron chi connectivity index (χ3n) is 9.98. The highest BCUT2D eigenvalue weighted by molar-refractivity contribution is 5.69. The van der Waals surface area contributed by atoms with Crippen molar-refractivity contribution in [2.24, 2.45) is 0 Å². The molecule has 280 valence electrons. The normalized spacial score (nSPS) is 12.3. The molecule has 0 amide bonds. The zero-order valence-corrected chi connectivity index (χ0v) is 32.4. The Bertz CT molecular complexity index is 615. The van der Waals surface area contributed by atoms with E-state index in [4.69, 9.17) is 4.74 Å². The minimum absolute atomic E-state index is 0.00438. The lowest BCUT2D eigenvalue weighted by atomic mass is 10.0. The van der Waals surface area contributed by atoms with Crippen molar-refractivity contribution < 1.29 is 14.6 Å². The van der Waals surface area contributed by atoms with Crippen LogP contribution in [0.3, 0.4) is 0 Å². The molecule has 0 aromatic rings. The van der Waals surface area contributed by atoms with Crippen LogP contribution in [0.4, 0.5) is 0 Å². The Morgan fingerprint density at radius 2 is 0.830 bits per heavy atom. The van der Waals surface area contributed by atoms with Gasteiger partial charge in [0.25, 0.3) is 0 Å². The number of ether oxygens (including phenoxy) is 1. The van der Waals surface area contributed by atoms with E-state index < -0.39 is 0 Å². The molecule has 3 heteroatoms. The third-order valence-corrected chi connectivity index (χ3v) is 9.98. The van der Waals surface area contributed by atoms with Gasteiger partial charge in [0, 0.05) is 6.42 Å². The number of carbonyl (C=O) groups is 1. The first kappa shape index (κ1) is 46.2. The largest absolute Gasteiger partial charge is 0.466 e. The molecule has 0 spiro atoms. The first-order chi connectivity index (χ1) is 23.2. The Morgan fingerprint density at radius 3 is 1.28 bits per heavy atom. The van der Waals surface area contributed by atoms with Crippen molar-refractivity contribution in [1.82, 2.24) is 0 Å². The second-order valence-electron chi connectivity index (χ2n) is 14.9. The van der Waals surface area contributed by atoms with Gasteiger partial charge in [-0.05, 0) is 38.5 Å². The predicted octanol–water partition coefficient (Wildman–Crippen LogP) is 14.9. The van der Waals surface area contributed by atoms with Crippen molar-refractivity contribution in [2.75, 3.05) is 6.61 Å². The van der Waals surface area contributed by atoms with E-state index in [1.54, 1.807) is 0 Å². The number of aliphatic hydroxyl groups excluding tert-OH is 1. The number of allylic oxidation sites excluding steroid dienone is 1. The molecular formula is C44H86O3. The van der Waals surface area contributed by atoms with Crippen molar-refractivity contribution in [3.8, 4) is 0 Å². The molecule has 0 saturated carbocycles. The van der Waals surface area contributed by atoms with Gasteiger partial charge in [-0.1, -0.05) is 219 Å². The molecular weight excluding hydrogens is 576 g/mol. The Morgan fingerprint density at radius 1 is 0.468 bits per heavy atom. The number of carbonyl (C=O) groups excluding carboxylic acids is 1. The molecule has 1 N–H and O–H groups in total. The Labute approximate surface area is 296 Å². The summed E-state index contributed by atoms with van der Waals surface area (Å²) in [7, 11) is 0. The topological polar surface area (TPSA) is 46.5 Å². The van der Waals surface area contributed by atoms with E-state index in [1.807, 2.05) is 0 Å². The van der Waals surface area contributed by atoms with Crippen LogP contribution in [-0.2, 0) is 9.53 Å². The lowest BCUT2D eigenvalue weighted by Crippen LogP contribution is -2.05. The van der Waals surface area contributed by atoms with E-state index >= 15 is 0 Å². The van der Waals surface area contributed by atoms with Crippen LogP contribution in [0.1, 0.15) is 251 Å². The second-order valence-corrected chi connectivity index (χ2v) is 14.9. The van der Waals surface area contributed by atoms with Crippen LogP contribution in [0.5, 0.6) is 0 Å². The summed E-state index contributed by atoms with van der Waals surface area (Å²) in [6.07, 6.45) is 51.9. The maximum absolute atomic E-state index is 12.0. The van der Waals surface area contributed by atoms with Gasteiger partial charge in [-0.2, -0.15) is 0 Å². The molecule has 0 heterocycles. The molecule has 3 nitrogen and oxygen atoms in total. The van der Waals surface area contributed by atoms with E-state index in [0.717, 1.165) is 44.9 Å². The molecule has 0 bridgehead atoms. The average molecular weight is 663 g/mol. The van der Waals surface area contributed by atoms with Crippen molar-refractivity contribution in [2.45, 2.75) is 258 Å². The fourth-order valence-corrected chi connectivity index (χ4v) is 6.68. The van der Waals surface area contributed by atoms with Gasteiger partial charge in [0.15, 0.2) is 0 Å². The van der Waals surface area contributed by atoms with Gasteiger partial charge in [-0.15, -0.1) is 0 Å². The van der Waals surface area contributed by atoms with Gasteiger partial charge >= 0.3 is 5.97 Å². The molecule has 0 unspecified atom stereocenters. The minimum atomic E-state index is -0.166. The number of unbranched alkanes of at least 4 members (excludes halogenated alkanes) is 31. The second kappa shape index (κ2) is 41.3. The first-order valence-electron chi connectivity index (χ1n) is 21.7. The summed E-state index contributed by atoms with van der Waals surface area (Å²) in [6.45, 7) is 5.13. The summed E-state index contributed by atoms with van der Waals surface area (Å²) in [4.78, 5) is 12.0. The highest BCUT2D eigenvalue weighted by atomic mass is 16.5. The van der Waals surface area contributed by atoms with Crippen molar-refractivity contribution in [1.29, 1.82) is 0 Å². The fraction of sp³-hybridized carbons (Fsp3) is 0.932. The van der Waals surface area contributed by atoms with Crippen molar-refractivity contribution >= 4 is 5.97 Å². The Balaban J connectivity index is 3.21. The van der Waals surface area contributed by atoms with E-state index in [9.17, 15) is 9.90 Å². The number of rotatable bonds is 40. The summed E-state index contributed by atoms with van der Waals surface area (Å²) in [5.41, 5.74) is 0. The average Bonchev–Trinajstić information content (AvgIpc) is 3.07. The molecule has 0 aliphatic rings. The molecule has 0 aromatic heterocycles. The molecule has 0 aliphatic heterocycles. The quantitative estimate of drug-likeness (QED) is 0.0403. The van der Waals surface area contributed by atoms with Crippen LogP contribution in [0.15, 0.2) is 12.2 Å². The highest BCUT2D eigenvalue weighted by Gasteiger charge is 2.03. The SMILES string of the molecule is CCCCCCCCCCCCCCCCCCCCCCCCCCOC(=O)CCCCCCCC=CC[C@H](O)CCCCCC. The Kier molecular flexibility index (Phi) is 40.6. The molecule has 0 saturated heterocycles. The van der Waals surface area contributed by atoms with Gasteiger partial charge in [0.1, 0.15) is 0 Å². The highest BCUT2D eigenvalue weighted by Crippen LogP contribution is 2.16. The van der Waals surface area contributed by atoms with Crippen molar-refractivity contribution in [3.05, 3.63) is 12.2 Å². The number of hydrogen-bond acceptors (Lipinski definition) is 3. The molecule has 0 aliphatic carbocycles. The van der Waals surface area contributed by atoms with Gasteiger partial charge < -0.3 is 9.84 Å². The van der Waals surface area contributed by atoms with Crippen LogP contribution >= 0.6 is 0 Å². The lowest BCUT2D eigenvalue weighted by molar-refractivity contribution is -0.143. The number of aliphatic hydroxyl groups is 1. The summed E-state index contributed by atoms with van der Waals surface area (Å²) in [6, 6.07) is 0. The van der Waals surface area contributed by atoms with Crippen LogP contribution in [0.2, 0.25) is 0 Å². The van der Waals surface area contributed by atoms with Crippen LogP contribution in [-0.4, -0.2) is 23.8 Å². The maximum Gasteiger partial charge on any atom is 0.305 e. The van der Waals surface area contributed by atoms with Gasteiger partial charge in [0.05, 0.1) is 12.7 Å². The predicted molar refractivity (Wildman–Crippen MR) is 208 cm³/mol. The smallest absolute Gasteiger partial charge is 0.305 e. The molecule has 47 heavy (non-hydrogen) atoms. The van der Waals surface area contributed by atoms with Crippen molar-refractivity contribution in [3.63, 3.8) is 0 Å². The van der Waals surface area contributed by atoms with E-state index in [0.29, 0.717) is 13.0 Å². The standard InChI is InChI=1S/C44H86O3/c1-3-5-7-9-10-11-12-13-14-15-16-17-18-19-20-21-22-23-24-25-28-31-34-38-42-47-44(46)41-37-33-30-27-26-29-32-36-40-43(45)39-35-8-6-4-2/h32,36,43,45H,3-31,33-35,37-42H2,1-2H3/t43-/m1/s1. The summed E-state index contributed by atoms with van der Waals surface area (Å²) < 4.78 is 5.45. The van der Waals surface area contributed by atoms with Gasteiger partial charge in [-0.3, -0.25) is 4.79 Å². The maximum atomic E-state index is 12.0. The summed E-state index contributed by atoms with van der Waals surface area (Å²) in [5.74, 6) is -0.00438. The van der Waals surface area contributed by atoms with Gasteiger partial charge in [0.2, 0.25) is 0 Å². The zero-order valence-electron chi connectivity index (χ0n) is 32.4. The minimum Gasteiger partial charge on any atom is -0.466 e. The first-order valence-corrected chi connectivity index (χ1v) is 21.7. The Hall–Kier alpha value is -0.830. The molecule has 0 fully saturated rings. The molecule has 0 aromatic carbocycles. The monoisotopic (exact) mass is 663 g/mol. The zero-order chi connectivity index (χ0) is 34.1. The van der Waals surface area contributed by atoms with E-state index in [1.165, 1.54) is 186 Å².